The maximum atomic E-state index is 12.3. The highest BCUT2D eigenvalue weighted by Crippen LogP contribution is 2.08. The molecule has 0 fully saturated rings. The number of hydrogen-bond donors (Lipinski definition) is 1. The lowest BCUT2D eigenvalue weighted by atomic mass is 10.0. The molecular formula is C13H22N4O2. The summed E-state index contributed by atoms with van der Waals surface area (Å²) in [5.41, 5.74) is 0.962. The average molecular weight is 266 g/mol. The van der Waals surface area contributed by atoms with Gasteiger partial charge in [-0.05, 0) is 5.92 Å². The fraction of sp³-hybridized carbons (Fsp3) is 0.615. The molecule has 0 radical (unpaired) electrons. The van der Waals surface area contributed by atoms with Crippen molar-refractivity contribution in [2.24, 2.45) is 13.0 Å². The molecule has 0 saturated heterocycles. The second-order valence-corrected chi connectivity index (χ2v) is 5.14. The molecule has 0 spiro atoms. The summed E-state index contributed by atoms with van der Waals surface area (Å²) in [6, 6.07) is -0.487. The van der Waals surface area contributed by atoms with Gasteiger partial charge in [0.15, 0.2) is 0 Å². The van der Waals surface area contributed by atoms with E-state index in [-0.39, 0.29) is 17.7 Å². The third kappa shape index (κ3) is 4.39. The molecule has 1 atom stereocenters. The Morgan fingerprint density at radius 3 is 2.53 bits per heavy atom. The lowest BCUT2D eigenvalue weighted by molar-refractivity contribution is -0.136. The van der Waals surface area contributed by atoms with Crippen molar-refractivity contribution < 1.29 is 9.59 Å². The van der Waals surface area contributed by atoms with Crippen LogP contribution >= 0.6 is 0 Å². The highest BCUT2D eigenvalue weighted by Gasteiger charge is 2.26. The molecule has 2 amide bonds. The van der Waals surface area contributed by atoms with Gasteiger partial charge < -0.3 is 10.2 Å². The van der Waals surface area contributed by atoms with Crippen LogP contribution in [0.15, 0.2) is 12.4 Å². The van der Waals surface area contributed by atoms with Gasteiger partial charge in [-0.2, -0.15) is 5.10 Å². The maximum Gasteiger partial charge on any atom is 0.245 e. The van der Waals surface area contributed by atoms with Gasteiger partial charge in [0.25, 0.3) is 0 Å². The molecule has 6 nitrogen and oxygen atoms in total. The van der Waals surface area contributed by atoms with Crippen LogP contribution in [0.5, 0.6) is 0 Å². The predicted octanol–water partition coefficient (Wildman–Crippen LogP) is 0.539. The lowest BCUT2D eigenvalue weighted by Crippen LogP contribution is -2.49. The van der Waals surface area contributed by atoms with Gasteiger partial charge in [0.1, 0.15) is 6.04 Å². The third-order valence-corrected chi connectivity index (χ3v) is 2.85. The van der Waals surface area contributed by atoms with Crippen LogP contribution < -0.4 is 5.32 Å². The van der Waals surface area contributed by atoms with Crippen LogP contribution in [-0.4, -0.2) is 39.6 Å². The molecule has 0 bridgehead atoms. The minimum Gasteiger partial charge on any atom is -0.344 e. The van der Waals surface area contributed by atoms with Crippen molar-refractivity contribution in [3.05, 3.63) is 18.0 Å². The Balaban J connectivity index is 2.70. The Bertz CT molecular complexity index is 453. The maximum absolute atomic E-state index is 12.3. The zero-order chi connectivity index (χ0) is 14.6. The highest BCUT2D eigenvalue weighted by atomic mass is 16.2. The Labute approximate surface area is 113 Å². The number of hydrogen-bond acceptors (Lipinski definition) is 3. The summed E-state index contributed by atoms with van der Waals surface area (Å²) in [4.78, 5) is 25.1. The van der Waals surface area contributed by atoms with Gasteiger partial charge in [0, 0.05) is 39.3 Å². The fourth-order valence-corrected chi connectivity index (χ4v) is 1.88. The van der Waals surface area contributed by atoms with Crippen molar-refractivity contribution >= 4 is 11.8 Å². The quantitative estimate of drug-likeness (QED) is 0.846. The SMILES string of the molecule is CC(=O)NC(C(=O)N(C)Cc1cnn(C)c1)C(C)C. The Morgan fingerprint density at radius 2 is 2.11 bits per heavy atom. The van der Waals surface area contributed by atoms with Crippen LogP contribution in [0.25, 0.3) is 0 Å². The van der Waals surface area contributed by atoms with Crippen LogP contribution in [0.3, 0.4) is 0 Å². The lowest BCUT2D eigenvalue weighted by Gasteiger charge is -2.26. The van der Waals surface area contributed by atoms with Crippen molar-refractivity contribution in [2.45, 2.75) is 33.4 Å². The van der Waals surface area contributed by atoms with Gasteiger partial charge in [-0.1, -0.05) is 13.8 Å². The fourth-order valence-electron chi connectivity index (χ4n) is 1.88. The second-order valence-electron chi connectivity index (χ2n) is 5.14. The van der Waals surface area contributed by atoms with Crippen molar-refractivity contribution in [3.63, 3.8) is 0 Å². The number of amides is 2. The molecule has 1 aromatic heterocycles. The molecule has 0 aliphatic carbocycles. The topological polar surface area (TPSA) is 67.2 Å². The number of carbonyl (C=O) groups excluding carboxylic acids is 2. The monoisotopic (exact) mass is 266 g/mol. The zero-order valence-electron chi connectivity index (χ0n) is 12.2. The third-order valence-electron chi connectivity index (χ3n) is 2.85. The van der Waals surface area contributed by atoms with E-state index in [1.54, 1.807) is 22.8 Å². The minimum absolute atomic E-state index is 0.0488. The van der Waals surface area contributed by atoms with E-state index >= 15 is 0 Å². The first-order chi connectivity index (χ1) is 8.81. The summed E-state index contributed by atoms with van der Waals surface area (Å²) in [6.45, 7) is 5.73. The van der Waals surface area contributed by atoms with Crippen LogP contribution in [0, 0.1) is 5.92 Å². The first kappa shape index (κ1) is 15.2. The largest absolute Gasteiger partial charge is 0.344 e. The molecule has 19 heavy (non-hydrogen) atoms. The summed E-state index contributed by atoms with van der Waals surface area (Å²) in [5, 5.41) is 6.77. The molecule has 1 rings (SSSR count). The zero-order valence-corrected chi connectivity index (χ0v) is 12.2. The Hall–Kier alpha value is -1.85. The van der Waals surface area contributed by atoms with Crippen LogP contribution in [0.2, 0.25) is 0 Å². The summed E-state index contributed by atoms with van der Waals surface area (Å²) < 4.78 is 1.70. The van der Waals surface area contributed by atoms with E-state index in [0.717, 1.165) is 5.56 Å². The van der Waals surface area contributed by atoms with Gasteiger partial charge in [-0.25, -0.2) is 0 Å². The summed E-state index contributed by atoms with van der Waals surface area (Å²) in [6.07, 6.45) is 3.60. The number of nitrogens with zero attached hydrogens (tertiary/aromatic N) is 3. The summed E-state index contributed by atoms with van der Waals surface area (Å²) in [7, 11) is 3.56. The first-order valence-electron chi connectivity index (χ1n) is 6.31. The molecule has 1 unspecified atom stereocenters. The highest BCUT2D eigenvalue weighted by molar-refractivity contribution is 5.86. The van der Waals surface area contributed by atoms with E-state index in [1.807, 2.05) is 27.1 Å². The first-order valence-corrected chi connectivity index (χ1v) is 6.31. The molecule has 0 aromatic carbocycles. The molecule has 0 saturated carbocycles. The number of aromatic nitrogens is 2. The predicted molar refractivity (Wildman–Crippen MR) is 72.1 cm³/mol. The Kier molecular flexibility index (Phi) is 5.09. The van der Waals surface area contributed by atoms with Crippen molar-refractivity contribution in [1.82, 2.24) is 20.0 Å². The van der Waals surface area contributed by atoms with Gasteiger partial charge in [-0.3, -0.25) is 14.3 Å². The van der Waals surface area contributed by atoms with Crippen molar-refractivity contribution in [3.8, 4) is 0 Å². The minimum atomic E-state index is -0.487. The normalized spacial score (nSPS) is 12.3. The van der Waals surface area contributed by atoms with Gasteiger partial charge >= 0.3 is 0 Å². The average Bonchev–Trinajstić information content (AvgIpc) is 2.70. The molecule has 1 N–H and O–H groups in total. The molecule has 1 aromatic rings. The van der Waals surface area contributed by atoms with E-state index < -0.39 is 6.04 Å². The van der Waals surface area contributed by atoms with Gasteiger partial charge in [0.05, 0.1) is 6.20 Å². The summed E-state index contributed by atoms with van der Waals surface area (Å²) in [5.74, 6) is -0.233. The van der Waals surface area contributed by atoms with Crippen LogP contribution in [0.1, 0.15) is 26.3 Å². The van der Waals surface area contributed by atoms with Crippen molar-refractivity contribution in [2.75, 3.05) is 7.05 Å². The molecule has 1 heterocycles. The van der Waals surface area contributed by atoms with E-state index in [2.05, 4.69) is 10.4 Å². The van der Waals surface area contributed by atoms with E-state index in [1.165, 1.54) is 6.92 Å². The molecule has 0 aliphatic heterocycles. The molecule has 0 aliphatic rings. The van der Waals surface area contributed by atoms with Crippen LogP contribution in [0.4, 0.5) is 0 Å². The van der Waals surface area contributed by atoms with E-state index in [0.29, 0.717) is 6.54 Å². The molecular weight excluding hydrogens is 244 g/mol. The molecule has 106 valence electrons. The second kappa shape index (κ2) is 6.36. The molecule has 6 heteroatoms. The van der Waals surface area contributed by atoms with Gasteiger partial charge in [-0.15, -0.1) is 0 Å². The van der Waals surface area contributed by atoms with Crippen LogP contribution in [-0.2, 0) is 23.2 Å². The number of nitrogens with one attached hydrogen (secondary N) is 1. The summed E-state index contributed by atoms with van der Waals surface area (Å²) >= 11 is 0. The van der Waals surface area contributed by atoms with Gasteiger partial charge in [0.2, 0.25) is 11.8 Å². The smallest absolute Gasteiger partial charge is 0.245 e. The number of aryl methyl sites for hydroxylation is 1. The van der Waals surface area contributed by atoms with E-state index in [4.69, 9.17) is 0 Å². The Morgan fingerprint density at radius 1 is 1.47 bits per heavy atom. The number of rotatable bonds is 5. The standard InChI is InChI=1S/C13H22N4O2/c1-9(2)12(15-10(3)18)13(19)16(4)7-11-6-14-17(5)8-11/h6,8-9,12H,7H2,1-5H3,(H,15,18). The number of carbonyl (C=O) groups is 2. The van der Waals surface area contributed by atoms with Crippen molar-refractivity contribution in [1.29, 1.82) is 0 Å². The van der Waals surface area contributed by atoms with E-state index in [9.17, 15) is 9.59 Å². The number of likely N-dealkylation sites (N-methyl/N-ethyl adjacent to an activating group) is 1.